The third-order valence-corrected chi connectivity index (χ3v) is 4.42. The molecule has 2 saturated carbocycles. The molecule has 1 atom stereocenters. The topological polar surface area (TPSA) is 44.8 Å². The zero-order valence-electron chi connectivity index (χ0n) is 10.2. The average molecular weight is 228 g/mol. The first-order chi connectivity index (χ1) is 7.69. The summed E-state index contributed by atoms with van der Waals surface area (Å²) in [5.41, 5.74) is -0.351. The monoisotopic (exact) mass is 228 g/mol. The van der Waals surface area contributed by atoms with Crippen LogP contribution in [0.15, 0.2) is 0 Å². The van der Waals surface area contributed by atoms with Gasteiger partial charge in [-0.25, -0.2) is 0 Å². The molecule has 16 heavy (non-hydrogen) atoms. The van der Waals surface area contributed by atoms with E-state index in [2.05, 4.69) is 0 Å². The quantitative estimate of drug-likeness (QED) is 0.541. The van der Waals surface area contributed by atoms with E-state index in [1.165, 1.54) is 7.11 Å². The molecule has 0 spiro atoms. The van der Waals surface area contributed by atoms with E-state index in [0.29, 0.717) is 5.92 Å². The highest BCUT2D eigenvalue weighted by Crippen LogP contribution is 2.60. The van der Waals surface area contributed by atoms with Gasteiger partial charge in [0.15, 0.2) is 6.29 Å². The van der Waals surface area contributed by atoms with Gasteiger partial charge >= 0.3 is 5.97 Å². The largest absolute Gasteiger partial charge is 0.469 e. The summed E-state index contributed by atoms with van der Waals surface area (Å²) in [6, 6.07) is 0. The summed E-state index contributed by atoms with van der Waals surface area (Å²) in [5, 5.41) is 0. The van der Waals surface area contributed by atoms with Gasteiger partial charge in [-0.15, -0.1) is 0 Å². The molecule has 2 aliphatic carbocycles. The standard InChI is InChI=1S/C12H20O4/c1-14-10(15-2)9-8-4-6-12(9,7-5-8)11(13)16-3/h8-10H,4-7H2,1-3H3. The number of hydrogen-bond donors (Lipinski definition) is 0. The molecule has 0 heterocycles. The van der Waals surface area contributed by atoms with Crippen molar-refractivity contribution in [3.05, 3.63) is 0 Å². The molecule has 4 heteroatoms. The molecule has 0 aliphatic heterocycles. The summed E-state index contributed by atoms with van der Waals surface area (Å²) in [7, 11) is 4.74. The Balaban J connectivity index is 2.26. The van der Waals surface area contributed by atoms with Crippen LogP contribution in [0, 0.1) is 17.3 Å². The SMILES string of the molecule is COC(=O)C12CCC(CC1)C2C(OC)OC. The molecule has 4 nitrogen and oxygen atoms in total. The van der Waals surface area contributed by atoms with E-state index in [1.807, 2.05) is 0 Å². The third kappa shape index (κ3) is 1.47. The van der Waals surface area contributed by atoms with Gasteiger partial charge in [0.05, 0.1) is 12.5 Å². The Morgan fingerprint density at radius 3 is 2.19 bits per heavy atom. The van der Waals surface area contributed by atoms with Crippen LogP contribution in [-0.4, -0.2) is 33.6 Å². The highest BCUT2D eigenvalue weighted by atomic mass is 16.7. The van der Waals surface area contributed by atoms with Crippen molar-refractivity contribution in [2.75, 3.05) is 21.3 Å². The van der Waals surface area contributed by atoms with Crippen LogP contribution in [0.2, 0.25) is 0 Å². The van der Waals surface area contributed by atoms with Crippen molar-refractivity contribution < 1.29 is 19.0 Å². The van der Waals surface area contributed by atoms with Gasteiger partial charge in [0, 0.05) is 20.1 Å². The Bertz CT molecular complexity index is 264. The molecule has 0 N–H and O–H groups in total. The number of hydrogen-bond acceptors (Lipinski definition) is 4. The van der Waals surface area contributed by atoms with Gasteiger partial charge in [-0.1, -0.05) is 0 Å². The Labute approximate surface area is 96.2 Å². The summed E-state index contributed by atoms with van der Waals surface area (Å²) in [5.74, 6) is 0.621. The Morgan fingerprint density at radius 2 is 1.75 bits per heavy atom. The first kappa shape index (κ1) is 11.9. The molecular weight excluding hydrogens is 208 g/mol. The summed E-state index contributed by atoms with van der Waals surface area (Å²) < 4.78 is 15.7. The van der Waals surface area contributed by atoms with Gasteiger partial charge in [-0.2, -0.15) is 0 Å². The van der Waals surface area contributed by atoms with Gasteiger partial charge in [-0.3, -0.25) is 4.79 Å². The molecule has 0 aromatic carbocycles. The summed E-state index contributed by atoms with van der Waals surface area (Å²) in [6.45, 7) is 0. The fourth-order valence-corrected chi connectivity index (χ4v) is 3.71. The smallest absolute Gasteiger partial charge is 0.312 e. The number of ether oxygens (including phenoxy) is 3. The fraction of sp³-hybridized carbons (Fsp3) is 0.917. The molecule has 0 aromatic heterocycles. The Morgan fingerprint density at radius 1 is 1.19 bits per heavy atom. The number of fused-ring (bicyclic) bond motifs is 2. The van der Waals surface area contributed by atoms with Crippen molar-refractivity contribution in [1.29, 1.82) is 0 Å². The lowest BCUT2D eigenvalue weighted by atomic mass is 9.78. The van der Waals surface area contributed by atoms with Crippen molar-refractivity contribution in [2.45, 2.75) is 32.0 Å². The maximum Gasteiger partial charge on any atom is 0.312 e. The van der Waals surface area contributed by atoms with E-state index in [4.69, 9.17) is 14.2 Å². The zero-order valence-corrected chi connectivity index (χ0v) is 10.2. The van der Waals surface area contributed by atoms with E-state index in [1.54, 1.807) is 14.2 Å². The first-order valence-corrected chi connectivity index (χ1v) is 5.83. The lowest BCUT2D eigenvalue weighted by Crippen LogP contribution is -2.41. The van der Waals surface area contributed by atoms with Crippen LogP contribution in [0.4, 0.5) is 0 Å². The van der Waals surface area contributed by atoms with Crippen LogP contribution in [0.3, 0.4) is 0 Å². The lowest BCUT2D eigenvalue weighted by Gasteiger charge is -2.32. The van der Waals surface area contributed by atoms with Crippen molar-refractivity contribution in [1.82, 2.24) is 0 Å². The molecule has 2 fully saturated rings. The Kier molecular flexibility index (Phi) is 3.22. The predicted octanol–water partition coefficient (Wildman–Crippen LogP) is 1.58. The highest BCUT2D eigenvalue weighted by Gasteiger charge is 2.61. The van der Waals surface area contributed by atoms with Crippen molar-refractivity contribution >= 4 is 5.97 Å². The van der Waals surface area contributed by atoms with Crippen molar-refractivity contribution in [3.63, 3.8) is 0 Å². The van der Waals surface area contributed by atoms with Crippen LogP contribution in [0.25, 0.3) is 0 Å². The second-order valence-electron chi connectivity index (χ2n) is 4.85. The third-order valence-electron chi connectivity index (χ3n) is 4.42. The van der Waals surface area contributed by atoms with Gasteiger partial charge in [0.1, 0.15) is 0 Å². The van der Waals surface area contributed by atoms with Gasteiger partial charge in [0.25, 0.3) is 0 Å². The molecule has 92 valence electrons. The molecule has 0 aromatic rings. The van der Waals surface area contributed by atoms with Crippen molar-refractivity contribution in [2.24, 2.45) is 17.3 Å². The van der Waals surface area contributed by atoms with Crippen LogP contribution in [0.1, 0.15) is 25.7 Å². The van der Waals surface area contributed by atoms with E-state index < -0.39 is 0 Å². The molecule has 0 radical (unpaired) electrons. The molecule has 2 rings (SSSR count). The van der Waals surface area contributed by atoms with Crippen LogP contribution >= 0.6 is 0 Å². The highest BCUT2D eigenvalue weighted by molar-refractivity contribution is 5.78. The van der Waals surface area contributed by atoms with E-state index >= 15 is 0 Å². The molecule has 0 saturated heterocycles. The second kappa shape index (κ2) is 4.34. The number of methoxy groups -OCH3 is 3. The molecule has 2 bridgehead atoms. The molecular formula is C12H20O4. The minimum absolute atomic E-state index is 0.0865. The molecule has 1 unspecified atom stereocenters. The van der Waals surface area contributed by atoms with E-state index in [9.17, 15) is 4.79 Å². The summed E-state index contributed by atoms with van der Waals surface area (Å²) >= 11 is 0. The number of carbonyl (C=O) groups excluding carboxylic acids is 1. The average Bonchev–Trinajstić information content (AvgIpc) is 2.87. The normalized spacial score (nSPS) is 37.0. The van der Waals surface area contributed by atoms with E-state index in [0.717, 1.165) is 25.7 Å². The Hall–Kier alpha value is -0.610. The maximum atomic E-state index is 12.0. The minimum atomic E-state index is -0.351. The van der Waals surface area contributed by atoms with E-state index in [-0.39, 0.29) is 23.6 Å². The van der Waals surface area contributed by atoms with Crippen LogP contribution in [-0.2, 0) is 19.0 Å². The number of carbonyl (C=O) groups is 1. The summed E-state index contributed by atoms with van der Waals surface area (Å²) in [6.07, 6.45) is 3.72. The maximum absolute atomic E-state index is 12.0. The number of rotatable bonds is 4. The second-order valence-corrected chi connectivity index (χ2v) is 4.85. The van der Waals surface area contributed by atoms with Gasteiger partial charge < -0.3 is 14.2 Å². The van der Waals surface area contributed by atoms with Crippen LogP contribution in [0.5, 0.6) is 0 Å². The predicted molar refractivity (Wildman–Crippen MR) is 57.7 cm³/mol. The summed E-state index contributed by atoms with van der Waals surface area (Å²) in [4.78, 5) is 12.0. The fourth-order valence-electron chi connectivity index (χ4n) is 3.71. The molecule has 0 amide bonds. The van der Waals surface area contributed by atoms with Crippen molar-refractivity contribution in [3.8, 4) is 0 Å². The minimum Gasteiger partial charge on any atom is -0.469 e. The van der Waals surface area contributed by atoms with Crippen LogP contribution < -0.4 is 0 Å². The number of esters is 1. The lowest BCUT2D eigenvalue weighted by molar-refractivity contribution is -0.180. The molecule has 2 aliphatic rings. The zero-order chi connectivity index (χ0) is 11.8. The van der Waals surface area contributed by atoms with Gasteiger partial charge in [0.2, 0.25) is 0 Å². The first-order valence-electron chi connectivity index (χ1n) is 5.83. The van der Waals surface area contributed by atoms with Gasteiger partial charge in [-0.05, 0) is 31.6 Å².